The first-order valence-electron chi connectivity index (χ1n) is 11.9. The Kier molecular flexibility index (Phi) is 6.16. The van der Waals surface area contributed by atoms with Gasteiger partial charge in [-0.1, -0.05) is 6.07 Å². The lowest BCUT2D eigenvalue weighted by atomic mass is 9.87. The maximum Gasteiger partial charge on any atom is 0.146 e. The van der Waals surface area contributed by atoms with Crippen LogP contribution in [0.15, 0.2) is 48.8 Å². The second-order valence-corrected chi connectivity index (χ2v) is 9.43. The lowest BCUT2D eigenvalue weighted by Crippen LogP contribution is -2.29. The number of aldehydes is 1. The summed E-state index contributed by atoms with van der Waals surface area (Å²) in [5.41, 5.74) is 8.26. The zero-order chi connectivity index (χ0) is 23.7. The second-order valence-electron chi connectivity index (χ2n) is 9.43. The van der Waals surface area contributed by atoms with Crippen molar-refractivity contribution < 1.29 is 4.79 Å². The van der Waals surface area contributed by atoms with E-state index in [1.165, 1.54) is 24.0 Å². The number of aromatic nitrogens is 2. The summed E-state index contributed by atoms with van der Waals surface area (Å²) in [4.78, 5) is 23.6. The molecular formula is C28H31N5O. The van der Waals surface area contributed by atoms with E-state index in [9.17, 15) is 4.79 Å². The van der Waals surface area contributed by atoms with Crippen LogP contribution in [0.25, 0.3) is 17.3 Å². The number of carbonyl (C=O) groups is 1. The summed E-state index contributed by atoms with van der Waals surface area (Å²) in [7, 11) is 2.20. The molecular weight excluding hydrogens is 422 g/mol. The predicted octanol–water partition coefficient (Wildman–Crippen LogP) is 5.13. The van der Waals surface area contributed by atoms with Crippen LogP contribution < -0.4 is 10.6 Å². The molecule has 2 N–H and O–H groups in total. The summed E-state index contributed by atoms with van der Waals surface area (Å²) >= 11 is 0. The van der Waals surface area contributed by atoms with E-state index >= 15 is 0 Å². The van der Waals surface area contributed by atoms with Gasteiger partial charge in [0.1, 0.15) is 18.1 Å². The molecule has 6 heteroatoms. The number of carbonyl (C=O) groups excluding carboxylic acids is 1. The van der Waals surface area contributed by atoms with Crippen LogP contribution in [0.2, 0.25) is 0 Å². The summed E-state index contributed by atoms with van der Waals surface area (Å²) in [5.74, 6) is 1.30. The number of piperidine rings is 1. The maximum absolute atomic E-state index is 11.9. The van der Waals surface area contributed by atoms with E-state index in [-0.39, 0.29) is 0 Å². The van der Waals surface area contributed by atoms with Gasteiger partial charge in [0.25, 0.3) is 0 Å². The summed E-state index contributed by atoms with van der Waals surface area (Å²) in [6.07, 6.45) is 8.98. The molecule has 0 spiro atoms. The van der Waals surface area contributed by atoms with Crippen LogP contribution in [0.3, 0.4) is 0 Å². The Hall–Kier alpha value is -3.51. The zero-order valence-corrected chi connectivity index (χ0v) is 20.0. The third kappa shape index (κ3) is 4.46. The van der Waals surface area contributed by atoms with E-state index < -0.39 is 6.04 Å². The first-order valence-corrected chi connectivity index (χ1v) is 11.9. The number of aryl methyl sites for hydroxylation is 2. The van der Waals surface area contributed by atoms with Crippen LogP contribution >= 0.6 is 0 Å². The average Bonchev–Trinajstić information content (AvgIpc) is 2.85. The molecule has 1 aromatic carbocycles. The number of hydrogen-bond acceptors (Lipinski definition) is 6. The number of hydrogen-bond donors (Lipinski definition) is 2. The number of anilines is 2. The zero-order valence-electron chi connectivity index (χ0n) is 20.0. The normalized spacial score (nSPS) is 18.3. The van der Waals surface area contributed by atoms with Gasteiger partial charge in [0.05, 0.1) is 5.69 Å². The number of likely N-dealkylation sites (tertiary alicyclic amines) is 1. The first kappa shape index (κ1) is 22.3. The van der Waals surface area contributed by atoms with Crippen LogP contribution in [0, 0.1) is 13.8 Å². The van der Waals surface area contributed by atoms with Gasteiger partial charge in [0.15, 0.2) is 0 Å². The second kappa shape index (κ2) is 9.39. The van der Waals surface area contributed by atoms with Gasteiger partial charge >= 0.3 is 0 Å². The number of fused-ring (bicyclic) bond motifs is 1. The van der Waals surface area contributed by atoms with Crippen molar-refractivity contribution in [3.63, 3.8) is 0 Å². The Morgan fingerprint density at radius 1 is 1.12 bits per heavy atom. The van der Waals surface area contributed by atoms with Gasteiger partial charge < -0.3 is 20.3 Å². The monoisotopic (exact) mass is 453 g/mol. The molecule has 0 saturated carbocycles. The fourth-order valence-corrected chi connectivity index (χ4v) is 5.00. The van der Waals surface area contributed by atoms with Crippen LogP contribution in [0.1, 0.15) is 52.7 Å². The van der Waals surface area contributed by atoms with Gasteiger partial charge in [-0.25, -0.2) is 4.98 Å². The minimum Gasteiger partial charge on any atom is -0.378 e. The van der Waals surface area contributed by atoms with Gasteiger partial charge in [0.2, 0.25) is 0 Å². The first-order chi connectivity index (χ1) is 16.5. The summed E-state index contributed by atoms with van der Waals surface area (Å²) in [6, 6.07) is 12.2. The fourth-order valence-electron chi connectivity index (χ4n) is 5.00. The van der Waals surface area contributed by atoms with Crippen LogP contribution in [-0.4, -0.2) is 41.3 Å². The van der Waals surface area contributed by atoms with Crippen molar-refractivity contribution >= 4 is 23.9 Å². The summed E-state index contributed by atoms with van der Waals surface area (Å²) in [6.45, 7) is 6.45. The van der Waals surface area contributed by atoms with E-state index in [4.69, 9.17) is 4.98 Å². The highest BCUT2D eigenvalue weighted by atomic mass is 16.1. The summed E-state index contributed by atoms with van der Waals surface area (Å²) in [5, 5.41) is 6.66. The van der Waals surface area contributed by atoms with Crippen LogP contribution in [-0.2, 0) is 4.79 Å². The van der Waals surface area contributed by atoms with Gasteiger partial charge in [-0.15, -0.1) is 0 Å². The van der Waals surface area contributed by atoms with E-state index in [1.54, 1.807) is 0 Å². The highest BCUT2D eigenvalue weighted by Crippen LogP contribution is 2.35. The van der Waals surface area contributed by atoms with Crippen molar-refractivity contribution in [1.29, 1.82) is 0 Å². The Morgan fingerprint density at radius 3 is 2.65 bits per heavy atom. The molecule has 2 aliphatic heterocycles. The molecule has 1 fully saturated rings. The molecule has 4 heterocycles. The van der Waals surface area contributed by atoms with Crippen molar-refractivity contribution in [2.45, 2.75) is 38.6 Å². The Bertz CT molecular complexity index is 1230. The highest BCUT2D eigenvalue weighted by Gasteiger charge is 2.24. The quantitative estimate of drug-likeness (QED) is 0.522. The average molecular weight is 454 g/mol. The third-order valence-electron chi connectivity index (χ3n) is 6.97. The van der Waals surface area contributed by atoms with Gasteiger partial charge in [-0.2, -0.15) is 0 Å². The molecule has 0 amide bonds. The number of rotatable bonds is 5. The van der Waals surface area contributed by atoms with E-state index in [1.807, 2.05) is 43.6 Å². The SMILES string of the molecule is Cc1ccc(-c2cc3c(c(Nc4ccc(C5CCN(C)CC5)c(C)c4)n2)C(C=O)NC=C3)cn1. The molecule has 0 bridgehead atoms. The van der Waals surface area contributed by atoms with E-state index in [0.29, 0.717) is 11.7 Å². The highest BCUT2D eigenvalue weighted by molar-refractivity contribution is 5.80. The number of pyridine rings is 2. The van der Waals surface area contributed by atoms with E-state index in [0.717, 1.165) is 53.1 Å². The molecule has 0 radical (unpaired) electrons. The van der Waals surface area contributed by atoms with Gasteiger partial charge in [-0.3, -0.25) is 4.98 Å². The number of nitrogens with one attached hydrogen (secondary N) is 2. The number of nitrogens with zero attached hydrogens (tertiary/aromatic N) is 3. The standard InChI is InChI=1S/C28H31N5O/c1-18-14-23(6-7-24(18)20-9-12-33(3)13-10-20)31-28-27-21(8-11-29-26(27)17-34)15-25(32-28)22-5-4-19(2)30-16-22/h4-8,11,14-17,20,26,29H,9-10,12-13H2,1-3H3,(H,31,32). The lowest BCUT2D eigenvalue weighted by Gasteiger charge is -2.30. The van der Waals surface area contributed by atoms with Crippen molar-refractivity contribution in [1.82, 2.24) is 20.2 Å². The lowest BCUT2D eigenvalue weighted by molar-refractivity contribution is -0.109. The molecule has 1 unspecified atom stereocenters. The predicted molar refractivity (Wildman–Crippen MR) is 137 cm³/mol. The van der Waals surface area contributed by atoms with Crippen LogP contribution in [0.5, 0.6) is 0 Å². The largest absolute Gasteiger partial charge is 0.378 e. The molecule has 3 aromatic rings. The topological polar surface area (TPSA) is 70.2 Å². The fraction of sp³-hybridized carbons (Fsp3) is 0.321. The molecule has 5 rings (SSSR count). The molecule has 0 aliphatic carbocycles. The smallest absolute Gasteiger partial charge is 0.146 e. The maximum atomic E-state index is 11.9. The minimum absolute atomic E-state index is 0.445. The van der Waals surface area contributed by atoms with Gasteiger partial charge in [-0.05, 0) is 112 Å². The van der Waals surface area contributed by atoms with Crippen LogP contribution in [0.4, 0.5) is 11.5 Å². The molecule has 1 saturated heterocycles. The molecule has 174 valence electrons. The van der Waals surface area contributed by atoms with E-state index in [2.05, 4.69) is 52.7 Å². The van der Waals surface area contributed by atoms with Crippen molar-refractivity contribution in [3.05, 3.63) is 76.7 Å². The van der Waals surface area contributed by atoms with Crippen molar-refractivity contribution in [3.8, 4) is 11.3 Å². The minimum atomic E-state index is -0.445. The van der Waals surface area contributed by atoms with Gasteiger partial charge in [0, 0.05) is 28.7 Å². The Morgan fingerprint density at radius 2 is 1.94 bits per heavy atom. The third-order valence-corrected chi connectivity index (χ3v) is 6.97. The van der Waals surface area contributed by atoms with Crippen molar-refractivity contribution in [2.75, 3.05) is 25.5 Å². The molecule has 2 aliphatic rings. The number of benzene rings is 1. The molecule has 6 nitrogen and oxygen atoms in total. The molecule has 1 atom stereocenters. The molecule has 2 aromatic heterocycles. The Labute approximate surface area is 201 Å². The van der Waals surface area contributed by atoms with Crippen molar-refractivity contribution in [2.24, 2.45) is 0 Å². The Balaban J connectivity index is 1.50. The summed E-state index contributed by atoms with van der Waals surface area (Å²) < 4.78 is 0. The molecule has 34 heavy (non-hydrogen) atoms.